The molecule has 0 radical (unpaired) electrons. The maximum Gasteiger partial charge on any atom is 0.258 e. The summed E-state index contributed by atoms with van der Waals surface area (Å²) < 4.78 is 25.3. The summed E-state index contributed by atoms with van der Waals surface area (Å²) in [6, 6.07) is 19.9. The van der Waals surface area contributed by atoms with Crippen molar-refractivity contribution < 1.29 is 13.2 Å². The number of nitrogens with zero attached hydrogens (tertiary/aromatic N) is 1. The Morgan fingerprint density at radius 1 is 0.931 bits per heavy atom. The van der Waals surface area contributed by atoms with Gasteiger partial charge in [0.1, 0.15) is 0 Å². The second-order valence-corrected chi connectivity index (χ2v) is 9.55. The number of fused-ring (bicyclic) bond motifs is 1. The SMILES string of the molecule is Cc1ccc(S(=O)(=O)Cc2ccc(C(=O)N3CCc4cccc(C)c43)cc2)cc1. The van der Waals surface area contributed by atoms with Crippen molar-refractivity contribution in [2.45, 2.75) is 30.9 Å². The van der Waals surface area contributed by atoms with E-state index in [4.69, 9.17) is 0 Å². The highest BCUT2D eigenvalue weighted by molar-refractivity contribution is 7.90. The van der Waals surface area contributed by atoms with E-state index in [1.807, 2.05) is 30.9 Å². The van der Waals surface area contributed by atoms with Crippen LogP contribution in [0.3, 0.4) is 0 Å². The van der Waals surface area contributed by atoms with E-state index in [-0.39, 0.29) is 11.7 Å². The van der Waals surface area contributed by atoms with E-state index in [0.29, 0.717) is 22.6 Å². The molecule has 3 aromatic carbocycles. The van der Waals surface area contributed by atoms with Crippen LogP contribution in [-0.4, -0.2) is 20.9 Å². The molecule has 0 unspecified atom stereocenters. The van der Waals surface area contributed by atoms with Crippen LogP contribution in [-0.2, 0) is 22.0 Å². The molecule has 0 atom stereocenters. The van der Waals surface area contributed by atoms with Gasteiger partial charge in [-0.15, -0.1) is 0 Å². The highest BCUT2D eigenvalue weighted by atomic mass is 32.2. The van der Waals surface area contributed by atoms with Crippen LogP contribution < -0.4 is 4.90 Å². The Labute approximate surface area is 171 Å². The number of carbonyl (C=O) groups excluding carboxylic acids is 1. The quantitative estimate of drug-likeness (QED) is 0.643. The van der Waals surface area contributed by atoms with Gasteiger partial charge in [-0.25, -0.2) is 8.42 Å². The Morgan fingerprint density at radius 2 is 1.62 bits per heavy atom. The normalized spacial score (nSPS) is 13.4. The molecule has 0 saturated carbocycles. The van der Waals surface area contributed by atoms with Gasteiger partial charge in [0.05, 0.1) is 16.3 Å². The molecule has 0 spiro atoms. The largest absolute Gasteiger partial charge is 0.307 e. The first-order valence-corrected chi connectivity index (χ1v) is 11.3. The first kappa shape index (κ1) is 19.4. The van der Waals surface area contributed by atoms with Crippen molar-refractivity contribution in [3.05, 3.63) is 94.5 Å². The van der Waals surface area contributed by atoms with Gasteiger partial charge in [0.15, 0.2) is 9.84 Å². The summed E-state index contributed by atoms with van der Waals surface area (Å²) in [4.78, 5) is 15.2. The molecule has 1 aliphatic rings. The molecule has 0 saturated heterocycles. The van der Waals surface area contributed by atoms with Gasteiger partial charge in [-0.05, 0) is 61.2 Å². The van der Waals surface area contributed by atoms with Crippen molar-refractivity contribution in [2.75, 3.05) is 11.4 Å². The molecule has 0 aliphatic carbocycles. The van der Waals surface area contributed by atoms with Crippen LogP contribution in [0.4, 0.5) is 5.69 Å². The van der Waals surface area contributed by atoms with Gasteiger partial charge < -0.3 is 4.90 Å². The van der Waals surface area contributed by atoms with Crippen LogP contribution in [0.15, 0.2) is 71.6 Å². The fourth-order valence-corrected chi connectivity index (χ4v) is 5.15. The lowest BCUT2D eigenvalue weighted by atomic mass is 10.1. The molecule has 0 N–H and O–H groups in total. The van der Waals surface area contributed by atoms with Crippen molar-refractivity contribution >= 4 is 21.4 Å². The fraction of sp³-hybridized carbons (Fsp3) is 0.208. The maximum absolute atomic E-state index is 13.0. The number of benzene rings is 3. The predicted octanol–water partition coefficient (Wildman–Crippen LogP) is 4.48. The third-order valence-electron chi connectivity index (χ3n) is 5.38. The number of aryl methyl sites for hydroxylation is 2. The number of anilines is 1. The molecule has 0 bridgehead atoms. The minimum atomic E-state index is -3.42. The van der Waals surface area contributed by atoms with E-state index >= 15 is 0 Å². The predicted molar refractivity (Wildman–Crippen MR) is 115 cm³/mol. The van der Waals surface area contributed by atoms with Crippen LogP contribution in [0.25, 0.3) is 0 Å². The smallest absolute Gasteiger partial charge is 0.258 e. The van der Waals surface area contributed by atoms with Gasteiger partial charge in [0.25, 0.3) is 5.91 Å². The fourth-order valence-electron chi connectivity index (χ4n) is 3.80. The Morgan fingerprint density at radius 3 is 2.31 bits per heavy atom. The van der Waals surface area contributed by atoms with Gasteiger partial charge in [-0.2, -0.15) is 0 Å². The van der Waals surface area contributed by atoms with E-state index < -0.39 is 9.84 Å². The Balaban J connectivity index is 1.53. The van der Waals surface area contributed by atoms with Gasteiger partial charge in [-0.1, -0.05) is 48.0 Å². The number of hydrogen-bond donors (Lipinski definition) is 0. The van der Waals surface area contributed by atoms with Crippen LogP contribution in [0.1, 0.15) is 32.6 Å². The second kappa shape index (κ2) is 7.48. The van der Waals surface area contributed by atoms with E-state index in [9.17, 15) is 13.2 Å². The Hall–Kier alpha value is -2.92. The minimum absolute atomic E-state index is 0.0500. The summed E-state index contributed by atoms with van der Waals surface area (Å²) >= 11 is 0. The molecule has 148 valence electrons. The average Bonchev–Trinajstić information content (AvgIpc) is 3.14. The number of hydrogen-bond acceptors (Lipinski definition) is 3. The lowest BCUT2D eigenvalue weighted by molar-refractivity contribution is 0.0989. The molecule has 0 fully saturated rings. The summed E-state index contributed by atoms with van der Waals surface area (Å²) in [5.41, 5.74) is 5.54. The zero-order chi connectivity index (χ0) is 20.6. The molecule has 5 heteroatoms. The minimum Gasteiger partial charge on any atom is -0.307 e. The second-order valence-electron chi connectivity index (χ2n) is 7.56. The molecule has 1 aliphatic heterocycles. The summed E-state index contributed by atoms with van der Waals surface area (Å²) in [7, 11) is -3.42. The number of carbonyl (C=O) groups is 1. The van der Waals surface area contributed by atoms with Gasteiger partial charge in [0, 0.05) is 12.1 Å². The zero-order valence-electron chi connectivity index (χ0n) is 16.6. The molecule has 1 amide bonds. The Bertz CT molecular complexity index is 1160. The standard InChI is InChI=1S/C24H23NO3S/c1-17-6-12-22(13-7-17)29(27,28)16-19-8-10-21(11-9-19)24(26)25-15-14-20-5-3-4-18(2)23(20)25/h3-13H,14-16H2,1-2H3. The summed E-state index contributed by atoms with van der Waals surface area (Å²) in [6.07, 6.45) is 0.857. The average molecular weight is 406 g/mol. The molecule has 29 heavy (non-hydrogen) atoms. The van der Waals surface area contributed by atoms with E-state index in [1.165, 1.54) is 5.56 Å². The van der Waals surface area contributed by atoms with Gasteiger partial charge >= 0.3 is 0 Å². The highest BCUT2D eigenvalue weighted by Gasteiger charge is 2.27. The lowest BCUT2D eigenvalue weighted by Gasteiger charge is -2.19. The third-order valence-corrected chi connectivity index (χ3v) is 7.08. The van der Waals surface area contributed by atoms with Crippen molar-refractivity contribution in [3.8, 4) is 0 Å². The van der Waals surface area contributed by atoms with E-state index in [1.54, 1.807) is 48.5 Å². The van der Waals surface area contributed by atoms with Crippen LogP contribution in [0.5, 0.6) is 0 Å². The molecular formula is C24H23NO3S. The van der Waals surface area contributed by atoms with Crippen molar-refractivity contribution in [3.63, 3.8) is 0 Å². The first-order chi connectivity index (χ1) is 13.8. The van der Waals surface area contributed by atoms with E-state index in [0.717, 1.165) is 23.2 Å². The van der Waals surface area contributed by atoms with Crippen molar-refractivity contribution in [1.82, 2.24) is 0 Å². The Kier molecular flexibility index (Phi) is 5.01. The molecule has 4 nitrogen and oxygen atoms in total. The van der Waals surface area contributed by atoms with Crippen molar-refractivity contribution in [1.29, 1.82) is 0 Å². The number of sulfone groups is 1. The molecule has 0 aromatic heterocycles. The highest BCUT2D eigenvalue weighted by Crippen LogP contribution is 2.32. The molecule has 1 heterocycles. The van der Waals surface area contributed by atoms with Gasteiger partial charge in [-0.3, -0.25) is 4.79 Å². The molecule has 4 rings (SSSR count). The van der Waals surface area contributed by atoms with Gasteiger partial charge in [0.2, 0.25) is 0 Å². The summed E-state index contributed by atoms with van der Waals surface area (Å²) in [6.45, 7) is 4.61. The maximum atomic E-state index is 13.0. The number of amides is 1. The molecule has 3 aromatic rings. The van der Waals surface area contributed by atoms with Crippen LogP contribution in [0.2, 0.25) is 0 Å². The van der Waals surface area contributed by atoms with Crippen LogP contribution >= 0.6 is 0 Å². The summed E-state index contributed by atoms with van der Waals surface area (Å²) in [5.74, 6) is -0.137. The van der Waals surface area contributed by atoms with Crippen LogP contribution in [0, 0.1) is 13.8 Å². The number of rotatable bonds is 4. The molecular weight excluding hydrogens is 382 g/mol. The zero-order valence-corrected chi connectivity index (χ0v) is 17.4. The third kappa shape index (κ3) is 3.83. The monoisotopic (exact) mass is 405 g/mol. The van der Waals surface area contributed by atoms with E-state index in [2.05, 4.69) is 6.07 Å². The topological polar surface area (TPSA) is 54.5 Å². The first-order valence-electron chi connectivity index (χ1n) is 9.64. The van der Waals surface area contributed by atoms with Crippen molar-refractivity contribution in [2.24, 2.45) is 0 Å². The summed E-state index contributed by atoms with van der Waals surface area (Å²) in [5, 5.41) is 0. The number of para-hydroxylation sites is 1. The lowest BCUT2D eigenvalue weighted by Crippen LogP contribution is -2.29.